The summed E-state index contributed by atoms with van der Waals surface area (Å²) in [4.78, 5) is 38.0. The molecule has 0 heterocycles. The first-order valence-corrected chi connectivity index (χ1v) is 7.27. The average molecular weight is 313 g/mol. The number of amides is 1. The van der Waals surface area contributed by atoms with Crippen LogP contribution in [0, 0.1) is 11.4 Å². The summed E-state index contributed by atoms with van der Waals surface area (Å²) in [6, 6.07) is -1.66. The zero-order valence-electron chi connectivity index (χ0n) is 13.3. The third kappa shape index (κ3) is 8.28. The molecule has 0 aromatic carbocycles. The molecular weight excluding hydrogens is 288 g/mol. The average Bonchev–Trinajstić information content (AvgIpc) is 2.42. The quantitative estimate of drug-likeness (QED) is 0.227. The number of carbonyl (C=O) groups excluding carboxylic acids is 3. The van der Waals surface area contributed by atoms with Crippen LogP contribution in [0.4, 0.5) is 0 Å². The van der Waals surface area contributed by atoms with Gasteiger partial charge in [-0.2, -0.15) is 0 Å². The molecule has 0 fully saturated rings. The Hall–Kier alpha value is -2.05. The van der Waals surface area contributed by atoms with Crippen LogP contribution in [0.1, 0.15) is 40.0 Å². The van der Waals surface area contributed by atoms with E-state index in [1.807, 2.05) is 13.8 Å². The number of nitrogens with one attached hydrogen (secondary N) is 2. The SMILES string of the molecule is CCOC(=O)C(CCC(=O)C=[N+]=N)NC(=O)C(N)CC(C)C. The lowest BCUT2D eigenvalue weighted by Crippen LogP contribution is -2.49. The number of ketones is 1. The van der Waals surface area contributed by atoms with Gasteiger partial charge in [0.25, 0.3) is 0 Å². The van der Waals surface area contributed by atoms with Gasteiger partial charge in [-0.05, 0) is 25.7 Å². The molecule has 0 aliphatic carbocycles. The second-order valence-electron chi connectivity index (χ2n) is 5.31. The van der Waals surface area contributed by atoms with Crippen molar-refractivity contribution in [2.75, 3.05) is 6.61 Å². The fourth-order valence-corrected chi connectivity index (χ4v) is 1.81. The van der Waals surface area contributed by atoms with Crippen molar-refractivity contribution in [1.82, 2.24) is 5.32 Å². The van der Waals surface area contributed by atoms with Crippen molar-refractivity contribution in [1.29, 1.82) is 5.53 Å². The molecular formula is C14H25N4O4+. The van der Waals surface area contributed by atoms with E-state index >= 15 is 0 Å². The summed E-state index contributed by atoms with van der Waals surface area (Å²) >= 11 is 0. The van der Waals surface area contributed by atoms with E-state index in [0.717, 1.165) is 6.21 Å². The van der Waals surface area contributed by atoms with Crippen LogP contribution < -0.4 is 11.1 Å². The lowest BCUT2D eigenvalue weighted by Gasteiger charge is -2.20. The lowest BCUT2D eigenvalue weighted by molar-refractivity contribution is -0.148. The number of esters is 1. The Bertz CT molecular complexity index is 444. The number of nitrogens with zero attached hydrogens (tertiary/aromatic N) is 1. The summed E-state index contributed by atoms with van der Waals surface area (Å²) < 4.78 is 4.88. The molecule has 0 aliphatic heterocycles. The maximum atomic E-state index is 12.0. The second-order valence-corrected chi connectivity index (χ2v) is 5.31. The highest BCUT2D eigenvalue weighted by atomic mass is 16.5. The molecule has 8 nitrogen and oxygen atoms in total. The molecule has 2 atom stereocenters. The predicted molar refractivity (Wildman–Crippen MR) is 79.3 cm³/mol. The number of rotatable bonds is 10. The molecule has 0 aromatic rings. The first-order chi connectivity index (χ1) is 10.3. The van der Waals surface area contributed by atoms with Crippen molar-refractivity contribution < 1.29 is 23.9 Å². The number of Topliss-reactive ketones (excluding diaryl/α,β-unsaturated/α-hetero) is 1. The van der Waals surface area contributed by atoms with Crippen molar-refractivity contribution in [3.05, 3.63) is 0 Å². The minimum absolute atomic E-state index is 0.0223. The molecule has 0 rings (SSSR count). The molecule has 4 N–H and O–H groups in total. The van der Waals surface area contributed by atoms with E-state index in [9.17, 15) is 14.4 Å². The standard InChI is InChI=1S/C14H24N4O4/c1-4-22-14(21)12(6-5-10(19)8-17-16)18-13(20)11(15)7-9(2)3/h8-9,11-12,16H,4-7,15H2,1-3H3/p+1. The Morgan fingerprint density at radius 1 is 1.36 bits per heavy atom. The molecule has 8 heteroatoms. The number of ether oxygens (including phenoxy) is 1. The van der Waals surface area contributed by atoms with Crippen molar-refractivity contribution in [3.8, 4) is 0 Å². The maximum absolute atomic E-state index is 12.0. The van der Waals surface area contributed by atoms with Gasteiger partial charge in [-0.25, -0.2) is 4.79 Å². The number of hydrogen-bond donors (Lipinski definition) is 3. The van der Waals surface area contributed by atoms with E-state index < -0.39 is 29.7 Å². The first kappa shape index (κ1) is 19.9. The van der Waals surface area contributed by atoms with Crippen LogP contribution in [0.15, 0.2) is 0 Å². The third-order valence-electron chi connectivity index (χ3n) is 2.84. The summed E-state index contributed by atoms with van der Waals surface area (Å²) in [6.07, 6.45) is 1.40. The van der Waals surface area contributed by atoms with Crippen molar-refractivity contribution in [3.63, 3.8) is 0 Å². The minimum atomic E-state index is -0.936. The van der Waals surface area contributed by atoms with Crippen molar-refractivity contribution >= 4 is 23.9 Å². The topological polar surface area (TPSA) is 136 Å². The van der Waals surface area contributed by atoms with E-state index in [4.69, 9.17) is 16.0 Å². The van der Waals surface area contributed by atoms with Crippen LogP contribution in [0.5, 0.6) is 0 Å². The third-order valence-corrected chi connectivity index (χ3v) is 2.84. The molecule has 124 valence electrons. The fourth-order valence-electron chi connectivity index (χ4n) is 1.81. The fraction of sp³-hybridized carbons (Fsp3) is 0.714. The highest BCUT2D eigenvalue weighted by Gasteiger charge is 2.26. The van der Waals surface area contributed by atoms with E-state index in [2.05, 4.69) is 10.1 Å². The van der Waals surface area contributed by atoms with Gasteiger partial charge >= 0.3 is 12.2 Å². The minimum Gasteiger partial charge on any atom is -0.464 e. The summed E-state index contributed by atoms with van der Waals surface area (Å²) in [7, 11) is 0. The molecule has 2 unspecified atom stereocenters. The summed E-state index contributed by atoms with van der Waals surface area (Å²) in [5.41, 5.74) is 12.3. The highest BCUT2D eigenvalue weighted by Crippen LogP contribution is 2.05. The van der Waals surface area contributed by atoms with Crippen LogP contribution in [0.2, 0.25) is 0 Å². The summed E-state index contributed by atoms with van der Waals surface area (Å²) in [5.74, 6) is -1.21. The molecule has 0 aliphatic rings. The molecule has 0 aromatic heterocycles. The van der Waals surface area contributed by atoms with Gasteiger partial charge in [0, 0.05) is 6.42 Å². The van der Waals surface area contributed by atoms with E-state index in [-0.39, 0.29) is 25.4 Å². The predicted octanol–water partition coefficient (Wildman–Crippen LogP) is 0.0670. The second kappa shape index (κ2) is 10.6. The Morgan fingerprint density at radius 2 is 2.00 bits per heavy atom. The van der Waals surface area contributed by atoms with Crippen molar-refractivity contribution in [2.24, 2.45) is 11.7 Å². The zero-order valence-corrected chi connectivity index (χ0v) is 13.3. The van der Waals surface area contributed by atoms with Gasteiger partial charge in [-0.15, -0.1) is 0 Å². The van der Waals surface area contributed by atoms with Gasteiger partial charge in [-0.3, -0.25) is 9.59 Å². The van der Waals surface area contributed by atoms with Gasteiger partial charge in [0.2, 0.25) is 11.7 Å². The van der Waals surface area contributed by atoms with E-state index in [1.54, 1.807) is 6.92 Å². The zero-order chi connectivity index (χ0) is 17.1. The van der Waals surface area contributed by atoms with E-state index in [0.29, 0.717) is 6.42 Å². The van der Waals surface area contributed by atoms with Crippen LogP contribution in [-0.4, -0.2) is 47.4 Å². The van der Waals surface area contributed by atoms with Crippen LogP contribution in [-0.2, 0) is 19.1 Å². The molecule has 0 saturated carbocycles. The highest BCUT2D eigenvalue weighted by molar-refractivity contribution is 6.25. The Morgan fingerprint density at radius 3 is 2.50 bits per heavy atom. The van der Waals surface area contributed by atoms with Crippen LogP contribution in [0.25, 0.3) is 0 Å². The maximum Gasteiger partial charge on any atom is 0.372 e. The van der Waals surface area contributed by atoms with Crippen molar-refractivity contribution in [2.45, 2.75) is 52.1 Å². The molecule has 0 bridgehead atoms. The van der Waals surface area contributed by atoms with Gasteiger partial charge in [0.1, 0.15) is 6.04 Å². The smallest absolute Gasteiger partial charge is 0.372 e. The molecule has 22 heavy (non-hydrogen) atoms. The largest absolute Gasteiger partial charge is 0.464 e. The normalized spacial score (nSPS) is 13.0. The van der Waals surface area contributed by atoms with Gasteiger partial charge < -0.3 is 15.8 Å². The van der Waals surface area contributed by atoms with Crippen LogP contribution >= 0.6 is 0 Å². The molecule has 0 spiro atoms. The van der Waals surface area contributed by atoms with Gasteiger partial charge in [0.05, 0.1) is 23.0 Å². The Balaban J connectivity index is 4.71. The van der Waals surface area contributed by atoms with Gasteiger partial charge in [-0.1, -0.05) is 13.8 Å². The Labute approximate surface area is 130 Å². The molecule has 0 saturated heterocycles. The monoisotopic (exact) mass is 313 g/mol. The summed E-state index contributed by atoms with van der Waals surface area (Å²) in [5, 5.41) is 2.52. The Kier molecular flexibility index (Phi) is 9.65. The molecule has 1 amide bonds. The number of nitrogens with two attached hydrogens (primary N) is 1. The number of carbonyl (C=O) groups is 3. The van der Waals surface area contributed by atoms with E-state index in [1.165, 1.54) is 0 Å². The lowest BCUT2D eigenvalue weighted by atomic mass is 10.0. The number of hydrogen-bond acceptors (Lipinski definition) is 6. The first-order valence-electron chi connectivity index (χ1n) is 7.27. The van der Waals surface area contributed by atoms with Gasteiger partial charge in [0.15, 0.2) is 0 Å². The summed E-state index contributed by atoms with van der Waals surface area (Å²) in [6.45, 7) is 5.70. The van der Waals surface area contributed by atoms with Crippen LogP contribution in [0.3, 0.4) is 0 Å². The molecule has 0 radical (unpaired) electrons.